The third-order valence-corrected chi connectivity index (χ3v) is 3.25. The molecule has 0 aliphatic rings. The van der Waals surface area contributed by atoms with E-state index in [-0.39, 0.29) is 17.3 Å². The summed E-state index contributed by atoms with van der Waals surface area (Å²) in [5, 5.41) is 28.8. The van der Waals surface area contributed by atoms with Gasteiger partial charge in [0.15, 0.2) is 17.3 Å². The molecule has 25 heavy (non-hydrogen) atoms. The summed E-state index contributed by atoms with van der Waals surface area (Å²) < 4.78 is 4.94. The first-order valence-electron chi connectivity index (χ1n) is 7.45. The van der Waals surface area contributed by atoms with Crippen molar-refractivity contribution in [2.75, 3.05) is 7.11 Å². The Morgan fingerprint density at radius 2 is 1.72 bits per heavy atom. The molecule has 0 atom stereocenters. The largest absolute Gasteiger partial charge is 0.508 e. The molecule has 0 aliphatic carbocycles. The molecule has 3 N–H and O–H groups in total. The van der Waals surface area contributed by atoms with E-state index < -0.39 is 5.78 Å². The molecule has 2 aromatic rings. The molecule has 5 nitrogen and oxygen atoms in total. The van der Waals surface area contributed by atoms with Crippen LogP contribution in [-0.4, -0.2) is 28.2 Å². The lowest BCUT2D eigenvalue weighted by Gasteiger charge is -2.02. The number of aliphatic hydroxyl groups excluding tert-OH is 1. The van der Waals surface area contributed by atoms with E-state index in [1.807, 2.05) is 0 Å². The van der Waals surface area contributed by atoms with E-state index in [2.05, 4.69) is 0 Å². The lowest BCUT2D eigenvalue weighted by atomic mass is 10.1. The standard InChI is InChI=1S/C20H18O5/c1-25-20-10-7-15(12-19(20)24)6-9-18(23)13-17(22)8-5-14-3-2-4-16(21)11-14/h2-13,21-22,24H,1H3/b8-5?,9-6?,17-13-. The number of rotatable bonds is 6. The van der Waals surface area contributed by atoms with Crippen molar-refractivity contribution < 1.29 is 24.9 Å². The third-order valence-electron chi connectivity index (χ3n) is 3.25. The van der Waals surface area contributed by atoms with Gasteiger partial charge in [0.1, 0.15) is 11.5 Å². The number of ether oxygens (including phenoxy) is 1. The predicted octanol–water partition coefficient (Wildman–Crippen LogP) is 3.84. The van der Waals surface area contributed by atoms with E-state index in [0.717, 1.165) is 6.08 Å². The topological polar surface area (TPSA) is 87.0 Å². The first-order chi connectivity index (χ1) is 12.0. The highest BCUT2D eigenvalue weighted by atomic mass is 16.5. The second-order valence-corrected chi connectivity index (χ2v) is 5.16. The normalized spacial score (nSPS) is 12.0. The SMILES string of the molecule is COc1ccc(C=CC(=O)/C=C(\O)C=Cc2cccc(O)c2)cc1O. The molecule has 0 saturated heterocycles. The molecule has 0 amide bonds. The van der Waals surface area contributed by atoms with E-state index in [1.54, 1.807) is 30.3 Å². The van der Waals surface area contributed by atoms with Gasteiger partial charge < -0.3 is 20.1 Å². The molecular formula is C20H18O5. The fourth-order valence-corrected chi connectivity index (χ4v) is 2.04. The maximum atomic E-state index is 11.8. The van der Waals surface area contributed by atoms with Crippen LogP contribution in [0.3, 0.4) is 0 Å². The second-order valence-electron chi connectivity index (χ2n) is 5.16. The van der Waals surface area contributed by atoms with Crippen LogP contribution < -0.4 is 4.74 Å². The summed E-state index contributed by atoms with van der Waals surface area (Å²) in [6.45, 7) is 0. The molecule has 0 bridgehead atoms. The van der Waals surface area contributed by atoms with E-state index in [1.165, 1.54) is 43.5 Å². The molecule has 0 radical (unpaired) electrons. The van der Waals surface area contributed by atoms with Gasteiger partial charge in [0.25, 0.3) is 0 Å². The minimum Gasteiger partial charge on any atom is -0.508 e. The van der Waals surface area contributed by atoms with Gasteiger partial charge in [-0.25, -0.2) is 0 Å². The molecule has 0 saturated carbocycles. The molecule has 2 aromatic carbocycles. The fraction of sp³-hybridized carbons (Fsp3) is 0.0500. The maximum Gasteiger partial charge on any atom is 0.182 e. The minimum atomic E-state index is -0.409. The zero-order chi connectivity index (χ0) is 18.2. The van der Waals surface area contributed by atoms with Gasteiger partial charge in [-0.15, -0.1) is 0 Å². The summed E-state index contributed by atoms with van der Waals surface area (Å²) in [4.78, 5) is 11.8. The number of hydrogen-bond acceptors (Lipinski definition) is 5. The Morgan fingerprint density at radius 1 is 1.00 bits per heavy atom. The van der Waals surface area contributed by atoms with Gasteiger partial charge in [0, 0.05) is 6.08 Å². The number of carbonyl (C=O) groups is 1. The number of ketones is 1. The van der Waals surface area contributed by atoms with Crippen LogP contribution in [0.15, 0.2) is 66.5 Å². The molecule has 128 valence electrons. The van der Waals surface area contributed by atoms with Gasteiger partial charge in [0.2, 0.25) is 0 Å². The first kappa shape index (κ1) is 17.9. The Bertz CT molecular complexity index is 847. The monoisotopic (exact) mass is 338 g/mol. The second kappa shape index (κ2) is 8.40. The van der Waals surface area contributed by atoms with E-state index in [9.17, 15) is 20.1 Å². The summed E-state index contributed by atoms with van der Waals surface area (Å²) in [5.74, 6) is -0.182. The van der Waals surface area contributed by atoms with Crippen molar-refractivity contribution >= 4 is 17.9 Å². The first-order valence-corrected chi connectivity index (χ1v) is 7.45. The van der Waals surface area contributed by atoms with Crippen LogP contribution in [-0.2, 0) is 4.79 Å². The van der Waals surface area contributed by atoms with Crippen LogP contribution in [0.5, 0.6) is 17.2 Å². The number of phenols is 2. The molecule has 0 aromatic heterocycles. The van der Waals surface area contributed by atoms with E-state index in [0.29, 0.717) is 16.9 Å². The summed E-state index contributed by atoms with van der Waals surface area (Å²) >= 11 is 0. The highest BCUT2D eigenvalue weighted by molar-refractivity contribution is 6.02. The van der Waals surface area contributed by atoms with Gasteiger partial charge in [-0.3, -0.25) is 4.79 Å². The number of allylic oxidation sites excluding steroid dienone is 3. The van der Waals surface area contributed by atoms with Crippen LogP contribution >= 0.6 is 0 Å². The predicted molar refractivity (Wildman–Crippen MR) is 96.6 cm³/mol. The number of carbonyl (C=O) groups excluding carboxylic acids is 1. The van der Waals surface area contributed by atoms with Crippen LogP contribution in [0.2, 0.25) is 0 Å². The van der Waals surface area contributed by atoms with Crippen molar-refractivity contribution in [3.8, 4) is 17.2 Å². The van der Waals surface area contributed by atoms with Gasteiger partial charge in [-0.05, 0) is 47.5 Å². The number of methoxy groups -OCH3 is 1. The zero-order valence-corrected chi connectivity index (χ0v) is 13.6. The number of aromatic hydroxyl groups is 2. The van der Waals surface area contributed by atoms with Crippen LogP contribution in [0.1, 0.15) is 11.1 Å². The molecule has 0 fully saturated rings. The summed E-state index contributed by atoms with van der Waals surface area (Å²) in [5.41, 5.74) is 1.31. The van der Waals surface area contributed by atoms with Gasteiger partial charge in [-0.2, -0.15) is 0 Å². The van der Waals surface area contributed by atoms with E-state index >= 15 is 0 Å². The minimum absolute atomic E-state index is 0.0236. The average molecular weight is 338 g/mol. The Balaban J connectivity index is 2.02. The molecule has 5 heteroatoms. The summed E-state index contributed by atoms with van der Waals surface area (Å²) in [6, 6.07) is 11.2. The lowest BCUT2D eigenvalue weighted by Crippen LogP contribution is -1.89. The maximum absolute atomic E-state index is 11.8. The van der Waals surface area contributed by atoms with Crippen molar-refractivity contribution in [1.82, 2.24) is 0 Å². The van der Waals surface area contributed by atoms with Gasteiger partial charge in [-0.1, -0.05) is 30.4 Å². The van der Waals surface area contributed by atoms with Gasteiger partial charge >= 0.3 is 0 Å². The van der Waals surface area contributed by atoms with Crippen LogP contribution in [0.4, 0.5) is 0 Å². The Morgan fingerprint density at radius 3 is 2.40 bits per heavy atom. The van der Waals surface area contributed by atoms with Crippen molar-refractivity contribution in [3.63, 3.8) is 0 Å². The highest BCUT2D eigenvalue weighted by Gasteiger charge is 2.01. The number of hydrogen-bond donors (Lipinski definition) is 3. The average Bonchev–Trinajstić information content (AvgIpc) is 2.58. The summed E-state index contributed by atoms with van der Waals surface area (Å²) in [6.07, 6.45) is 6.80. The lowest BCUT2D eigenvalue weighted by molar-refractivity contribution is -0.110. The molecular weight excluding hydrogens is 320 g/mol. The van der Waals surface area contributed by atoms with Crippen molar-refractivity contribution in [2.24, 2.45) is 0 Å². The zero-order valence-electron chi connectivity index (χ0n) is 13.6. The van der Waals surface area contributed by atoms with Crippen LogP contribution in [0.25, 0.3) is 12.2 Å². The van der Waals surface area contributed by atoms with Crippen molar-refractivity contribution in [1.29, 1.82) is 0 Å². The molecule has 0 unspecified atom stereocenters. The van der Waals surface area contributed by atoms with E-state index in [4.69, 9.17) is 4.74 Å². The quantitative estimate of drug-likeness (QED) is 0.423. The van der Waals surface area contributed by atoms with Gasteiger partial charge in [0.05, 0.1) is 7.11 Å². The smallest absolute Gasteiger partial charge is 0.182 e. The number of aliphatic hydroxyl groups is 1. The van der Waals surface area contributed by atoms with Crippen LogP contribution in [0, 0.1) is 0 Å². The Kier molecular flexibility index (Phi) is 6.01. The molecule has 0 aliphatic heterocycles. The third kappa shape index (κ3) is 5.58. The summed E-state index contributed by atoms with van der Waals surface area (Å²) in [7, 11) is 1.45. The van der Waals surface area contributed by atoms with Crippen molar-refractivity contribution in [2.45, 2.75) is 0 Å². The Hall–Kier alpha value is -3.47. The highest BCUT2D eigenvalue weighted by Crippen LogP contribution is 2.26. The molecule has 0 spiro atoms. The van der Waals surface area contributed by atoms with Crippen molar-refractivity contribution in [3.05, 3.63) is 77.6 Å². The fourth-order valence-electron chi connectivity index (χ4n) is 2.04. The Labute approximate surface area is 145 Å². The number of phenolic OH excluding ortho intramolecular Hbond substituents is 2. The molecule has 0 heterocycles. The molecule has 2 rings (SSSR count). The number of benzene rings is 2.